The van der Waals surface area contributed by atoms with E-state index in [2.05, 4.69) is 27.3 Å². The minimum absolute atomic E-state index is 0.00539. The number of nitrogens with zero attached hydrogens (tertiary/aromatic N) is 3. The summed E-state index contributed by atoms with van der Waals surface area (Å²) in [5.41, 5.74) is 3.03. The number of methoxy groups -OCH3 is 2. The summed E-state index contributed by atoms with van der Waals surface area (Å²) in [4.78, 5) is 18.5. The molecule has 0 saturated carbocycles. The zero-order valence-electron chi connectivity index (χ0n) is 18.8. The van der Waals surface area contributed by atoms with Gasteiger partial charge in [-0.2, -0.15) is 5.26 Å². The number of anilines is 1. The molecule has 7 nitrogen and oxygen atoms in total. The van der Waals surface area contributed by atoms with Crippen LogP contribution in [-0.2, 0) is 24.2 Å². The van der Waals surface area contributed by atoms with Crippen LogP contribution in [0.2, 0.25) is 0 Å². The Morgan fingerprint density at radius 3 is 2.59 bits per heavy atom. The van der Waals surface area contributed by atoms with Crippen molar-refractivity contribution < 1.29 is 14.3 Å². The van der Waals surface area contributed by atoms with Gasteiger partial charge < -0.3 is 19.7 Å². The summed E-state index contributed by atoms with van der Waals surface area (Å²) < 4.78 is 10.7. The molecule has 0 bridgehead atoms. The summed E-state index contributed by atoms with van der Waals surface area (Å²) in [6.45, 7) is 5.42. The Kier molecular flexibility index (Phi) is 7.30. The van der Waals surface area contributed by atoms with Crippen LogP contribution < -0.4 is 14.8 Å². The predicted octanol–water partition coefficient (Wildman–Crippen LogP) is 3.27. The standard InChI is InChI=1S/C24H30N4O3S/c1-30-20-7-6-17(14-21(20)31-2)16-28-12-10-27(11-13-28)9-8-23(29)26-24-19(15-25)18-4-3-5-22(18)32-24/h6-7,14H,3-5,8-13,16H2,1-2H3,(H,26,29). The monoisotopic (exact) mass is 454 g/mol. The number of nitriles is 1. The van der Waals surface area contributed by atoms with Crippen molar-refractivity contribution in [1.82, 2.24) is 9.80 Å². The van der Waals surface area contributed by atoms with Crippen molar-refractivity contribution in [2.45, 2.75) is 32.2 Å². The number of carbonyl (C=O) groups is 1. The van der Waals surface area contributed by atoms with Crippen LogP contribution in [0.15, 0.2) is 18.2 Å². The summed E-state index contributed by atoms with van der Waals surface area (Å²) in [6, 6.07) is 8.35. The van der Waals surface area contributed by atoms with Crippen molar-refractivity contribution in [2.24, 2.45) is 0 Å². The second-order valence-corrected chi connectivity index (χ2v) is 9.38. The second kappa shape index (κ2) is 10.3. The maximum absolute atomic E-state index is 12.5. The average molecular weight is 455 g/mol. The number of nitrogens with one attached hydrogen (secondary N) is 1. The molecule has 0 atom stereocenters. The number of thiophene rings is 1. The fraction of sp³-hybridized carbons (Fsp3) is 0.500. The van der Waals surface area contributed by atoms with Gasteiger partial charge in [0, 0.05) is 50.6 Å². The van der Waals surface area contributed by atoms with E-state index in [9.17, 15) is 10.1 Å². The predicted molar refractivity (Wildman–Crippen MR) is 126 cm³/mol. The van der Waals surface area contributed by atoms with Gasteiger partial charge in [-0.25, -0.2) is 0 Å². The Morgan fingerprint density at radius 2 is 1.88 bits per heavy atom. The Hall–Kier alpha value is -2.60. The maximum Gasteiger partial charge on any atom is 0.226 e. The lowest BCUT2D eigenvalue weighted by atomic mass is 10.1. The topological polar surface area (TPSA) is 77.8 Å². The molecule has 170 valence electrons. The Labute approximate surface area is 193 Å². The number of ether oxygens (including phenoxy) is 2. The molecule has 32 heavy (non-hydrogen) atoms. The van der Waals surface area contributed by atoms with Gasteiger partial charge in [0.05, 0.1) is 19.8 Å². The van der Waals surface area contributed by atoms with Crippen LogP contribution in [0, 0.1) is 11.3 Å². The molecule has 1 N–H and O–H groups in total. The van der Waals surface area contributed by atoms with Gasteiger partial charge in [-0.05, 0) is 42.5 Å². The molecule has 1 aliphatic heterocycles. The molecule has 8 heteroatoms. The summed E-state index contributed by atoms with van der Waals surface area (Å²) in [7, 11) is 3.30. The number of carbonyl (C=O) groups excluding carboxylic acids is 1. The summed E-state index contributed by atoms with van der Waals surface area (Å²) >= 11 is 1.58. The number of hydrogen-bond acceptors (Lipinski definition) is 7. The van der Waals surface area contributed by atoms with E-state index in [-0.39, 0.29) is 5.91 Å². The van der Waals surface area contributed by atoms with E-state index in [0.29, 0.717) is 12.0 Å². The minimum Gasteiger partial charge on any atom is -0.493 e. The van der Waals surface area contributed by atoms with Gasteiger partial charge in [-0.3, -0.25) is 9.69 Å². The van der Waals surface area contributed by atoms with Crippen LogP contribution in [0.4, 0.5) is 5.00 Å². The summed E-state index contributed by atoms with van der Waals surface area (Å²) in [5, 5.41) is 13.2. The lowest BCUT2D eigenvalue weighted by Gasteiger charge is -2.34. The molecule has 0 spiro atoms. The third kappa shape index (κ3) is 5.07. The van der Waals surface area contributed by atoms with Crippen molar-refractivity contribution in [1.29, 1.82) is 5.26 Å². The molecule has 0 radical (unpaired) electrons. The van der Waals surface area contributed by atoms with Crippen molar-refractivity contribution in [3.05, 3.63) is 39.8 Å². The Bertz CT molecular complexity index is 1010. The number of benzene rings is 1. The van der Waals surface area contributed by atoms with E-state index in [0.717, 1.165) is 80.6 Å². The lowest BCUT2D eigenvalue weighted by Crippen LogP contribution is -2.46. The van der Waals surface area contributed by atoms with Crippen molar-refractivity contribution in [2.75, 3.05) is 52.3 Å². The highest BCUT2D eigenvalue weighted by atomic mass is 32.1. The fourth-order valence-electron chi connectivity index (χ4n) is 4.47. The van der Waals surface area contributed by atoms with E-state index in [4.69, 9.17) is 9.47 Å². The first-order chi connectivity index (χ1) is 15.6. The quantitative estimate of drug-likeness (QED) is 0.660. The molecular weight excluding hydrogens is 424 g/mol. The van der Waals surface area contributed by atoms with Crippen molar-refractivity contribution in [3.63, 3.8) is 0 Å². The normalized spacial score (nSPS) is 16.4. The van der Waals surface area contributed by atoms with Crippen LogP contribution in [0.1, 0.15) is 34.4 Å². The second-order valence-electron chi connectivity index (χ2n) is 8.28. The Balaban J connectivity index is 1.22. The average Bonchev–Trinajstić information content (AvgIpc) is 3.39. The molecule has 4 rings (SSSR count). The minimum atomic E-state index is -0.00539. The Morgan fingerprint density at radius 1 is 1.12 bits per heavy atom. The molecule has 1 aromatic carbocycles. The van der Waals surface area contributed by atoms with E-state index >= 15 is 0 Å². The molecule has 1 saturated heterocycles. The van der Waals surface area contributed by atoms with Crippen LogP contribution >= 0.6 is 11.3 Å². The number of piperazine rings is 1. The fourth-order valence-corrected chi connectivity index (χ4v) is 5.72. The molecule has 1 fully saturated rings. The first kappa shape index (κ1) is 22.6. The third-order valence-corrected chi connectivity index (χ3v) is 7.47. The highest BCUT2D eigenvalue weighted by Crippen LogP contribution is 2.38. The number of aryl methyl sites for hydroxylation is 1. The molecular formula is C24H30N4O3S. The summed E-state index contributed by atoms with van der Waals surface area (Å²) in [5.74, 6) is 1.49. The number of fused-ring (bicyclic) bond motifs is 1. The first-order valence-electron chi connectivity index (χ1n) is 11.1. The number of amides is 1. The van der Waals surface area contributed by atoms with Crippen molar-refractivity contribution in [3.8, 4) is 17.6 Å². The largest absolute Gasteiger partial charge is 0.493 e. The van der Waals surface area contributed by atoms with Gasteiger partial charge in [-0.1, -0.05) is 6.07 Å². The highest BCUT2D eigenvalue weighted by Gasteiger charge is 2.23. The molecule has 1 aliphatic carbocycles. The smallest absolute Gasteiger partial charge is 0.226 e. The highest BCUT2D eigenvalue weighted by molar-refractivity contribution is 7.16. The zero-order chi connectivity index (χ0) is 22.5. The van der Waals surface area contributed by atoms with Crippen LogP contribution in [0.3, 0.4) is 0 Å². The summed E-state index contributed by atoms with van der Waals surface area (Å²) in [6.07, 6.45) is 3.54. The van der Waals surface area contributed by atoms with Gasteiger partial charge in [0.15, 0.2) is 11.5 Å². The van der Waals surface area contributed by atoms with Crippen molar-refractivity contribution >= 4 is 22.2 Å². The number of hydrogen-bond donors (Lipinski definition) is 1. The number of rotatable bonds is 8. The van der Waals surface area contributed by atoms with E-state index < -0.39 is 0 Å². The van der Waals surface area contributed by atoms with E-state index in [1.54, 1.807) is 25.6 Å². The van der Waals surface area contributed by atoms with Gasteiger partial charge >= 0.3 is 0 Å². The maximum atomic E-state index is 12.5. The van der Waals surface area contributed by atoms with E-state index in [1.807, 2.05) is 12.1 Å². The van der Waals surface area contributed by atoms with Gasteiger partial charge in [0.25, 0.3) is 0 Å². The zero-order valence-corrected chi connectivity index (χ0v) is 19.6. The molecule has 2 heterocycles. The molecule has 1 amide bonds. The van der Waals surface area contributed by atoms with E-state index in [1.165, 1.54) is 10.4 Å². The molecule has 2 aromatic rings. The van der Waals surface area contributed by atoms with Crippen LogP contribution in [0.5, 0.6) is 11.5 Å². The third-order valence-electron chi connectivity index (χ3n) is 6.26. The molecule has 1 aromatic heterocycles. The van der Waals surface area contributed by atoms with Crippen LogP contribution in [-0.4, -0.2) is 62.7 Å². The lowest BCUT2D eigenvalue weighted by molar-refractivity contribution is -0.116. The molecule has 0 unspecified atom stereocenters. The van der Waals surface area contributed by atoms with Gasteiger partial charge in [0.1, 0.15) is 11.1 Å². The first-order valence-corrected chi connectivity index (χ1v) is 11.9. The SMILES string of the molecule is COc1ccc(CN2CCN(CCC(=O)Nc3sc4c(c3C#N)CCC4)CC2)cc1OC. The van der Waals surface area contributed by atoms with Gasteiger partial charge in [0.2, 0.25) is 5.91 Å². The molecule has 2 aliphatic rings. The van der Waals surface area contributed by atoms with Crippen LogP contribution in [0.25, 0.3) is 0 Å². The van der Waals surface area contributed by atoms with Gasteiger partial charge in [-0.15, -0.1) is 11.3 Å².